The molecule has 72 valence electrons. The van der Waals surface area contributed by atoms with E-state index < -0.39 is 0 Å². The van der Waals surface area contributed by atoms with Gasteiger partial charge in [0, 0.05) is 12.8 Å². The van der Waals surface area contributed by atoms with E-state index in [4.69, 9.17) is 11.2 Å². The molecular formula is C11H16O2. The van der Waals surface area contributed by atoms with Gasteiger partial charge < -0.3 is 4.74 Å². The fourth-order valence-corrected chi connectivity index (χ4v) is 1.88. The molecule has 0 aromatic carbocycles. The second kappa shape index (κ2) is 4.91. The fourth-order valence-electron chi connectivity index (χ4n) is 1.88. The molecule has 1 atom stereocenters. The molecule has 0 N–H and O–H groups in total. The highest BCUT2D eigenvalue weighted by Gasteiger charge is 2.23. The Bertz CT molecular complexity index is 209. The van der Waals surface area contributed by atoms with Crippen LogP contribution in [-0.4, -0.2) is 12.1 Å². The molecule has 1 aliphatic carbocycles. The lowest BCUT2D eigenvalue weighted by Crippen LogP contribution is -2.26. The van der Waals surface area contributed by atoms with Crippen LogP contribution in [0.5, 0.6) is 0 Å². The van der Waals surface area contributed by atoms with Gasteiger partial charge in [-0.3, -0.25) is 4.79 Å². The van der Waals surface area contributed by atoms with Crippen molar-refractivity contribution in [3.8, 4) is 12.3 Å². The quantitative estimate of drug-likeness (QED) is 0.480. The smallest absolute Gasteiger partial charge is 0.303 e. The molecule has 1 fully saturated rings. The van der Waals surface area contributed by atoms with Gasteiger partial charge in [0.25, 0.3) is 0 Å². The summed E-state index contributed by atoms with van der Waals surface area (Å²) in [6.07, 6.45) is 10.9. The third-order valence-corrected chi connectivity index (χ3v) is 2.54. The highest BCUT2D eigenvalue weighted by molar-refractivity contribution is 5.66. The number of terminal acetylenes is 1. The summed E-state index contributed by atoms with van der Waals surface area (Å²) in [5.74, 6) is 2.68. The Labute approximate surface area is 79.7 Å². The number of hydrogen-bond donors (Lipinski definition) is 0. The van der Waals surface area contributed by atoms with Crippen LogP contribution in [0.2, 0.25) is 0 Å². The Kier molecular flexibility index (Phi) is 3.82. The lowest BCUT2D eigenvalue weighted by molar-refractivity contribution is -0.146. The topological polar surface area (TPSA) is 26.3 Å². The number of rotatable bonds is 2. The molecule has 0 heterocycles. The minimum Gasteiger partial charge on any atom is -0.449 e. The van der Waals surface area contributed by atoms with Crippen LogP contribution in [-0.2, 0) is 9.53 Å². The summed E-state index contributed by atoms with van der Waals surface area (Å²) in [6.45, 7) is 1.41. The predicted octanol–water partition coefficient (Wildman–Crippen LogP) is 2.13. The summed E-state index contributed by atoms with van der Waals surface area (Å²) < 4.78 is 5.06. The van der Waals surface area contributed by atoms with E-state index in [9.17, 15) is 4.79 Å². The number of carbonyl (C=O) groups is 1. The van der Waals surface area contributed by atoms with Crippen molar-refractivity contribution in [3.05, 3.63) is 0 Å². The maximum atomic E-state index is 10.7. The molecule has 0 radical (unpaired) electrons. The van der Waals surface area contributed by atoms with Crippen molar-refractivity contribution in [2.75, 3.05) is 0 Å². The van der Waals surface area contributed by atoms with Crippen LogP contribution < -0.4 is 0 Å². The van der Waals surface area contributed by atoms with E-state index in [2.05, 4.69) is 5.92 Å². The monoisotopic (exact) mass is 180 g/mol. The Morgan fingerprint density at radius 2 is 2.08 bits per heavy atom. The fraction of sp³-hybridized carbons (Fsp3) is 0.727. The molecule has 0 saturated heterocycles. The maximum absolute atomic E-state index is 10.7. The lowest BCUT2D eigenvalue weighted by Gasteiger charge is -2.26. The second-order valence-electron chi connectivity index (χ2n) is 3.59. The molecule has 0 aromatic rings. The average molecular weight is 180 g/mol. The van der Waals surface area contributed by atoms with Crippen molar-refractivity contribution < 1.29 is 9.53 Å². The summed E-state index contributed by atoms with van der Waals surface area (Å²) in [5, 5.41) is 0. The van der Waals surface area contributed by atoms with Crippen LogP contribution in [0.15, 0.2) is 0 Å². The summed E-state index contributed by atoms with van der Waals surface area (Å²) in [7, 11) is 0. The minimum atomic E-state index is -0.294. The molecule has 0 spiro atoms. The normalized spacial score (nSPS) is 20.3. The number of hydrogen-bond acceptors (Lipinski definition) is 2. The van der Waals surface area contributed by atoms with Gasteiger partial charge in [-0.15, -0.1) is 6.42 Å². The molecular weight excluding hydrogens is 164 g/mol. The summed E-state index contributed by atoms with van der Waals surface area (Å²) in [6, 6.07) is 0. The zero-order valence-corrected chi connectivity index (χ0v) is 8.08. The van der Waals surface area contributed by atoms with Crippen LogP contribution in [0.25, 0.3) is 0 Å². The number of esters is 1. The van der Waals surface area contributed by atoms with E-state index in [-0.39, 0.29) is 12.1 Å². The first kappa shape index (κ1) is 10.1. The van der Waals surface area contributed by atoms with Crippen LogP contribution in [0, 0.1) is 18.3 Å². The van der Waals surface area contributed by atoms with Crippen molar-refractivity contribution in [2.45, 2.75) is 45.1 Å². The summed E-state index contributed by atoms with van der Waals surface area (Å²) >= 11 is 0. The largest absolute Gasteiger partial charge is 0.449 e. The Morgan fingerprint density at radius 1 is 1.46 bits per heavy atom. The van der Waals surface area contributed by atoms with Gasteiger partial charge in [0.1, 0.15) is 0 Å². The molecule has 1 rings (SSSR count). The van der Waals surface area contributed by atoms with Crippen molar-refractivity contribution in [1.29, 1.82) is 0 Å². The molecule has 1 saturated carbocycles. The molecule has 0 aromatic heterocycles. The molecule has 13 heavy (non-hydrogen) atoms. The highest BCUT2D eigenvalue weighted by Crippen LogP contribution is 2.27. The Hall–Kier alpha value is -0.970. The van der Waals surface area contributed by atoms with Gasteiger partial charge >= 0.3 is 5.97 Å². The Balaban J connectivity index is 2.45. The van der Waals surface area contributed by atoms with Crippen LogP contribution in [0.1, 0.15) is 39.0 Å². The molecule has 0 unspecified atom stereocenters. The summed E-state index contributed by atoms with van der Waals surface area (Å²) in [5.41, 5.74) is 0. The number of ether oxygens (including phenoxy) is 1. The predicted molar refractivity (Wildman–Crippen MR) is 51.0 cm³/mol. The van der Waals surface area contributed by atoms with E-state index in [0.717, 1.165) is 12.8 Å². The van der Waals surface area contributed by atoms with Gasteiger partial charge in [-0.1, -0.05) is 25.2 Å². The Morgan fingerprint density at radius 3 is 2.54 bits per heavy atom. The van der Waals surface area contributed by atoms with Crippen molar-refractivity contribution in [1.82, 2.24) is 0 Å². The molecule has 1 aliphatic rings. The van der Waals surface area contributed by atoms with Gasteiger partial charge in [-0.05, 0) is 12.8 Å². The molecule has 0 amide bonds. The standard InChI is InChI=1S/C11H16O2/c1-3-11(13-9(2)12)10-7-5-4-6-8-10/h1,10-11H,4-8H2,2H3/t11-/m1/s1. The number of carbonyl (C=O) groups excluding carboxylic acids is 1. The SMILES string of the molecule is C#C[C@@H](OC(C)=O)C1CCCCC1. The zero-order valence-electron chi connectivity index (χ0n) is 8.08. The van der Waals surface area contributed by atoms with Gasteiger partial charge in [-0.2, -0.15) is 0 Å². The molecule has 0 aliphatic heterocycles. The van der Waals surface area contributed by atoms with Crippen molar-refractivity contribution in [2.24, 2.45) is 5.92 Å². The van der Waals surface area contributed by atoms with E-state index in [0.29, 0.717) is 5.92 Å². The van der Waals surface area contributed by atoms with Crippen molar-refractivity contribution >= 4 is 5.97 Å². The van der Waals surface area contributed by atoms with Gasteiger partial charge in [0.15, 0.2) is 6.10 Å². The van der Waals surface area contributed by atoms with Crippen LogP contribution >= 0.6 is 0 Å². The first-order valence-electron chi connectivity index (χ1n) is 4.87. The van der Waals surface area contributed by atoms with Gasteiger partial charge in [-0.25, -0.2) is 0 Å². The van der Waals surface area contributed by atoms with Gasteiger partial charge in [0.2, 0.25) is 0 Å². The second-order valence-corrected chi connectivity index (χ2v) is 3.59. The van der Waals surface area contributed by atoms with E-state index in [1.54, 1.807) is 0 Å². The van der Waals surface area contributed by atoms with E-state index in [1.807, 2.05) is 0 Å². The van der Waals surface area contributed by atoms with Gasteiger partial charge in [0.05, 0.1) is 0 Å². The summed E-state index contributed by atoms with van der Waals surface area (Å²) in [4.78, 5) is 10.7. The zero-order chi connectivity index (χ0) is 9.68. The van der Waals surface area contributed by atoms with E-state index >= 15 is 0 Å². The van der Waals surface area contributed by atoms with E-state index in [1.165, 1.54) is 26.2 Å². The first-order valence-corrected chi connectivity index (χ1v) is 4.87. The molecule has 0 bridgehead atoms. The molecule has 2 nitrogen and oxygen atoms in total. The third-order valence-electron chi connectivity index (χ3n) is 2.54. The highest BCUT2D eigenvalue weighted by atomic mass is 16.5. The average Bonchev–Trinajstić information content (AvgIpc) is 2.15. The van der Waals surface area contributed by atoms with Crippen LogP contribution in [0.4, 0.5) is 0 Å². The first-order chi connectivity index (χ1) is 6.24. The minimum absolute atomic E-state index is 0.270. The van der Waals surface area contributed by atoms with Crippen molar-refractivity contribution in [3.63, 3.8) is 0 Å². The lowest BCUT2D eigenvalue weighted by atomic mass is 9.85. The maximum Gasteiger partial charge on any atom is 0.303 e. The third kappa shape index (κ3) is 3.10. The van der Waals surface area contributed by atoms with Crippen LogP contribution in [0.3, 0.4) is 0 Å². The molecule has 2 heteroatoms.